The smallest absolute Gasteiger partial charge is 0.356 e. The molecule has 2 aromatic carbocycles. The molecule has 0 saturated carbocycles. The Kier molecular flexibility index (Phi) is 7.94. The van der Waals surface area contributed by atoms with Gasteiger partial charge in [-0.3, -0.25) is 4.79 Å². The minimum atomic E-state index is -0.687. The number of carbonyl (C=O) groups is 2. The number of hydrogen-bond acceptors (Lipinski definition) is 6. The largest absolute Gasteiger partial charge is 0.464 e. The summed E-state index contributed by atoms with van der Waals surface area (Å²) in [6.45, 7) is 0. The highest BCUT2D eigenvalue weighted by atomic mass is 35.5. The topological polar surface area (TPSA) is 80.3 Å². The van der Waals surface area contributed by atoms with Gasteiger partial charge in [-0.2, -0.15) is 0 Å². The van der Waals surface area contributed by atoms with E-state index in [4.69, 9.17) is 27.9 Å². The molecule has 3 aromatic rings. The number of benzene rings is 2. The molecule has 0 fully saturated rings. The van der Waals surface area contributed by atoms with E-state index in [-0.39, 0.29) is 5.70 Å². The molecule has 1 heterocycles. The lowest BCUT2D eigenvalue weighted by Gasteiger charge is -2.09. The Bertz CT molecular complexity index is 1110. The van der Waals surface area contributed by atoms with E-state index in [0.717, 1.165) is 4.90 Å². The molecule has 0 spiro atoms. The molecule has 1 aromatic heterocycles. The number of ether oxygens (including phenoxy) is 1. The summed E-state index contributed by atoms with van der Waals surface area (Å²) in [5, 5.41) is 7.36. The zero-order valence-corrected chi connectivity index (χ0v) is 18.6. The van der Waals surface area contributed by atoms with Crippen molar-refractivity contribution in [3.05, 3.63) is 94.4 Å². The molecule has 0 aliphatic rings. The van der Waals surface area contributed by atoms with Crippen LogP contribution in [0.4, 0.5) is 5.69 Å². The molecule has 6 nitrogen and oxygen atoms in total. The Labute approximate surface area is 193 Å². The number of halogens is 2. The van der Waals surface area contributed by atoms with Crippen molar-refractivity contribution in [2.75, 3.05) is 12.4 Å². The first kappa shape index (κ1) is 22.7. The number of carbonyl (C=O) groups excluding carboxylic acids is 2. The molecule has 3 rings (SSSR count). The lowest BCUT2D eigenvalue weighted by molar-refractivity contribution is -0.136. The van der Waals surface area contributed by atoms with E-state index in [1.807, 2.05) is 0 Å². The fourth-order valence-corrected chi connectivity index (χ4v) is 3.68. The van der Waals surface area contributed by atoms with Gasteiger partial charge in [0.2, 0.25) is 0 Å². The van der Waals surface area contributed by atoms with Crippen LogP contribution in [0.3, 0.4) is 0 Å². The van der Waals surface area contributed by atoms with Gasteiger partial charge in [0.05, 0.1) is 24.0 Å². The molecule has 0 saturated heterocycles. The van der Waals surface area contributed by atoms with E-state index in [0.29, 0.717) is 26.3 Å². The third-order valence-electron chi connectivity index (χ3n) is 3.92. The molecule has 0 bridgehead atoms. The van der Waals surface area contributed by atoms with E-state index >= 15 is 0 Å². The summed E-state index contributed by atoms with van der Waals surface area (Å²) in [7, 11) is 1.24. The maximum absolute atomic E-state index is 12.3. The normalized spacial score (nSPS) is 11.0. The summed E-state index contributed by atoms with van der Waals surface area (Å²) in [5.41, 5.74) is 0.984. The number of hydrogen-bond donors (Lipinski definition) is 2. The van der Waals surface area contributed by atoms with Crippen molar-refractivity contribution in [3.63, 3.8) is 0 Å². The number of nitrogens with zero attached hydrogens (tertiary/aromatic N) is 1. The molecular weight excluding hydrogens is 457 g/mol. The lowest BCUT2D eigenvalue weighted by atomic mass is 10.2. The Morgan fingerprint density at radius 3 is 2.52 bits per heavy atom. The Morgan fingerprint density at radius 1 is 1.06 bits per heavy atom. The van der Waals surface area contributed by atoms with Crippen LogP contribution in [0.15, 0.2) is 88.7 Å². The summed E-state index contributed by atoms with van der Waals surface area (Å²) >= 11 is 13.6. The molecule has 0 atom stereocenters. The van der Waals surface area contributed by atoms with Gasteiger partial charge in [0.15, 0.2) is 0 Å². The zero-order valence-electron chi connectivity index (χ0n) is 16.3. The highest BCUT2D eigenvalue weighted by molar-refractivity contribution is 7.99. The maximum Gasteiger partial charge on any atom is 0.356 e. The molecule has 9 heteroatoms. The predicted molar refractivity (Wildman–Crippen MR) is 122 cm³/mol. The summed E-state index contributed by atoms with van der Waals surface area (Å²) in [4.78, 5) is 29.5. The van der Waals surface area contributed by atoms with Crippen LogP contribution in [0.2, 0.25) is 10.0 Å². The quantitative estimate of drug-likeness (QED) is 0.353. The van der Waals surface area contributed by atoms with Crippen LogP contribution in [0.25, 0.3) is 0 Å². The summed E-state index contributed by atoms with van der Waals surface area (Å²) < 4.78 is 4.74. The number of rotatable bonds is 7. The van der Waals surface area contributed by atoms with Crippen molar-refractivity contribution < 1.29 is 14.3 Å². The molecule has 158 valence electrons. The second-order valence-corrected chi connectivity index (χ2v) is 7.98. The van der Waals surface area contributed by atoms with E-state index in [9.17, 15) is 9.59 Å². The highest BCUT2D eigenvalue weighted by Crippen LogP contribution is 2.34. The van der Waals surface area contributed by atoms with Crippen molar-refractivity contribution in [1.82, 2.24) is 10.3 Å². The lowest BCUT2D eigenvalue weighted by Crippen LogP contribution is -2.28. The zero-order chi connectivity index (χ0) is 22.2. The highest BCUT2D eigenvalue weighted by Gasteiger charge is 2.14. The molecule has 2 N–H and O–H groups in total. The van der Waals surface area contributed by atoms with Gasteiger partial charge >= 0.3 is 5.97 Å². The fraction of sp³-hybridized carbons (Fsp3) is 0.0455. The number of nitrogens with one attached hydrogen (secondary N) is 2. The van der Waals surface area contributed by atoms with Crippen molar-refractivity contribution in [2.45, 2.75) is 9.92 Å². The summed E-state index contributed by atoms with van der Waals surface area (Å²) in [6.07, 6.45) is 2.94. The summed E-state index contributed by atoms with van der Waals surface area (Å²) in [6, 6.07) is 17.3. The van der Waals surface area contributed by atoms with Gasteiger partial charge in [0.25, 0.3) is 5.91 Å². The Morgan fingerprint density at radius 2 is 1.84 bits per heavy atom. The van der Waals surface area contributed by atoms with E-state index < -0.39 is 11.9 Å². The minimum absolute atomic E-state index is 0.0412. The van der Waals surface area contributed by atoms with Crippen molar-refractivity contribution >= 4 is 52.5 Å². The van der Waals surface area contributed by atoms with Gasteiger partial charge in [0, 0.05) is 21.7 Å². The van der Waals surface area contributed by atoms with E-state index in [1.54, 1.807) is 66.9 Å². The number of pyridine rings is 1. The van der Waals surface area contributed by atoms with Crippen LogP contribution in [0.5, 0.6) is 0 Å². The van der Waals surface area contributed by atoms with Crippen LogP contribution in [-0.2, 0) is 9.53 Å². The standard InChI is InChI=1S/C22H17Cl2N3O3S/c1-30-22(29)18(27-21(28)14-5-3-2-4-6-14)13-25-16-8-10-20(26-12-16)31-19-11-15(23)7-9-17(19)24/h2-13,25H,1H3,(H,27,28). The van der Waals surface area contributed by atoms with Gasteiger partial charge in [-0.15, -0.1) is 0 Å². The van der Waals surface area contributed by atoms with Gasteiger partial charge in [0.1, 0.15) is 10.7 Å². The average Bonchev–Trinajstić information content (AvgIpc) is 2.80. The Balaban J connectivity index is 1.69. The van der Waals surface area contributed by atoms with Crippen LogP contribution in [0.1, 0.15) is 10.4 Å². The first-order valence-corrected chi connectivity index (χ1v) is 10.5. The molecular formula is C22H17Cl2N3O3S. The third-order valence-corrected chi connectivity index (χ3v) is 5.60. The van der Waals surface area contributed by atoms with Crippen LogP contribution < -0.4 is 10.6 Å². The van der Waals surface area contributed by atoms with E-state index in [2.05, 4.69) is 15.6 Å². The SMILES string of the molecule is COC(=O)C(=CNc1ccc(Sc2cc(Cl)ccc2Cl)nc1)NC(=O)c1ccccc1. The van der Waals surface area contributed by atoms with Gasteiger partial charge in [-0.1, -0.05) is 53.2 Å². The molecule has 0 aliphatic heterocycles. The molecule has 0 radical (unpaired) electrons. The minimum Gasteiger partial charge on any atom is -0.464 e. The number of esters is 1. The molecule has 1 amide bonds. The molecule has 0 unspecified atom stereocenters. The second-order valence-electron chi connectivity index (χ2n) is 6.08. The van der Waals surface area contributed by atoms with Gasteiger partial charge in [-0.25, -0.2) is 9.78 Å². The number of methoxy groups -OCH3 is 1. The predicted octanol–water partition coefficient (Wildman–Crippen LogP) is 5.40. The van der Waals surface area contributed by atoms with Crippen molar-refractivity contribution in [3.8, 4) is 0 Å². The fourth-order valence-electron chi connectivity index (χ4n) is 2.39. The van der Waals surface area contributed by atoms with Gasteiger partial charge in [-0.05, 0) is 42.5 Å². The molecule has 31 heavy (non-hydrogen) atoms. The van der Waals surface area contributed by atoms with Gasteiger partial charge < -0.3 is 15.4 Å². The second kappa shape index (κ2) is 10.9. The first-order valence-electron chi connectivity index (χ1n) is 8.96. The average molecular weight is 474 g/mol. The summed E-state index contributed by atoms with van der Waals surface area (Å²) in [5.74, 6) is -1.12. The van der Waals surface area contributed by atoms with Crippen molar-refractivity contribution in [2.24, 2.45) is 0 Å². The van der Waals surface area contributed by atoms with Crippen LogP contribution in [-0.4, -0.2) is 24.0 Å². The maximum atomic E-state index is 12.3. The monoisotopic (exact) mass is 473 g/mol. The Hall–Kier alpha value is -3.00. The molecule has 0 aliphatic carbocycles. The third kappa shape index (κ3) is 6.49. The number of amides is 1. The van der Waals surface area contributed by atoms with E-state index in [1.165, 1.54) is 25.1 Å². The number of anilines is 1. The number of aromatic nitrogens is 1. The first-order chi connectivity index (χ1) is 15.0. The van der Waals surface area contributed by atoms with Crippen molar-refractivity contribution in [1.29, 1.82) is 0 Å². The van der Waals surface area contributed by atoms with Crippen LogP contribution >= 0.6 is 35.0 Å². The van der Waals surface area contributed by atoms with Crippen LogP contribution in [0, 0.1) is 0 Å².